The van der Waals surface area contributed by atoms with Gasteiger partial charge in [-0.1, -0.05) is 41.4 Å². The second-order valence-electron chi connectivity index (χ2n) is 5.97. The van der Waals surface area contributed by atoms with E-state index in [0.717, 1.165) is 16.7 Å². The monoisotopic (exact) mass is 359 g/mol. The number of imide groups is 1. The van der Waals surface area contributed by atoms with Gasteiger partial charge in [-0.3, -0.25) is 10.1 Å². The predicted octanol–water partition coefficient (Wildman–Crippen LogP) is 3.96. The minimum atomic E-state index is -0.544. The van der Waals surface area contributed by atoms with Crippen LogP contribution in [0.3, 0.4) is 0 Å². The van der Waals surface area contributed by atoms with E-state index in [1.807, 2.05) is 51.1 Å². The lowest BCUT2D eigenvalue weighted by molar-refractivity contribution is -0.119. The summed E-state index contributed by atoms with van der Waals surface area (Å²) in [5.41, 5.74) is 3.74. The molecule has 6 heteroatoms. The van der Waals surface area contributed by atoms with Crippen LogP contribution in [0.25, 0.3) is 0 Å². The van der Waals surface area contributed by atoms with Gasteiger partial charge in [0, 0.05) is 16.8 Å². The zero-order chi connectivity index (χ0) is 18.4. The molecular formula is C19H22ClN3O2. The molecule has 5 nitrogen and oxygen atoms in total. The topological polar surface area (TPSA) is 70.2 Å². The highest BCUT2D eigenvalue weighted by molar-refractivity contribution is 6.30. The number of aryl methyl sites for hydroxylation is 2. The maximum absolute atomic E-state index is 11.9. The van der Waals surface area contributed by atoms with Crippen LogP contribution in [0.5, 0.6) is 0 Å². The number of halogens is 1. The third kappa shape index (κ3) is 5.89. The Morgan fingerprint density at radius 2 is 1.76 bits per heavy atom. The number of amides is 3. The summed E-state index contributed by atoms with van der Waals surface area (Å²) in [5.74, 6) is -0.400. The Balaban J connectivity index is 1.81. The van der Waals surface area contributed by atoms with Crippen molar-refractivity contribution in [1.82, 2.24) is 10.6 Å². The Kier molecular flexibility index (Phi) is 6.56. The number of hydrogen-bond donors (Lipinski definition) is 3. The molecule has 25 heavy (non-hydrogen) atoms. The fraction of sp³-hybridized carbons (Fsp3) is 0.263. The first-order chi connectivity index (χ1) is 11.8. The second kappa shape index (κ2) is 8.65. The molecular weight excluding hydrogens is 338 g/mol. The van der Waals surface area contributed by atoms with Gasteiger partial charge >= 0.3 is 6.03 Å². The van der Waals surface area contributed by atoms with Crippen LogP contribution in [0, 0.1) is 13.8 Å². The van der Waals surface area contributed by atoms with Gasteiger partial charge in [0.25, 0.3) is 0 Å². The molecule has 0 aliphatic heterocycles. The third-order valence-corrected chi connectivity index (χ3v) is 4.07. The van der Waals surface area contributed by atoms with Crippen LogP contribution in [0.2, 0.25) is 5.02 Å². The molecule has 0 saturated carbocycles. The third-order valence-electron chi connectivity index (χ3n) is 3.82. The van der Waals surface area contributed by atoms with Crippen molar-refractivity contribution < 1.29 is 9.59 Å². The van der Waals surface area contributed by atoms with E-state index in [1.165, 1.54) is 0 Å². The standard InChI is InChI=1S/C19H22ClN3O2/c1-12-4-9-17(13(2)10-12)22-19(25)23-18(24)11-21-14(3)15-5-7-16(20)8-6-15/h4-10,14,21H,11H2,1-3H3,(H2,22,23,24,25)/t14-/m1/s1. The number of benzene rings is 2. The van der Waals surface area contributed by atoms with Crippen molar-refractivity contribution in [2.24, 2.45) is 0 Å². The van der Waals surface area contributed by atoms with Gasteiger partial charge in [0.1, 0.15) is 0 Å². The molecule has 0 unspecified atom stereocenters. The number of hydrogen-bond acceptors (Lipinski definition) is 3. The first-order valence-corrected chi connectivity index (χ1v) is 8.40. The van der Waals surface area contributed by atoms with E-state index in [4.69, 9.17) is 11.6 Å². The first-order valence-electron chi connectivity index (χ1n) is 8.02. The molecule has 0 aromatic heterocycles. The van der Waals surface area contributed by atoms with E-state index >= 15 is 0 Å². The Bertz CT molecular complexity index is 760. The molecule has 2 aromatic rings. The van der Waals surface area contributed by atoms with Crippen molar-refractivity contribution >= 4 is 29.2 Å². The second-order valence-corrected chi connectivity index (χ2v) is 6.41. The molecule has 0 bridgehead atoms. The van der Waals surface area contributed by atoms with Gasteiger partial charge in [0.15, 0.2) is 0 Å². The molecule has 0 fully saturated rings. The molecule has 0 saturated heterocycles. The van der Waals surface area contributed by atoms with Gasteiger partial charge in [-0.05, 0) is 50.1 Å². The number of nitrogens with one attached hydrogen (secondary N) is 3. The Labute approximate surface area is 152 Å². The Hall–Kier alpha value is -2.37. The number of rotatable bonds is 5. The molecule has 2 aromatic carbocycles. The molecule has 3 N–H and O–H groups in total. The quantitative estimate of drug-likeness (QED) is 0.756. The summed E-state index contributed by atoms with van der Waals surface area (Å²) >= 11 is 5.86. The molecule has 0 aliphatic rings. The highest BCUT2D eigenvalue weighted by Gasteiger charge is 2.11. The molecule has 132 valence electrons. The van der Waals surface area contributed by atoms with Crippen LogP contribution in [0.1, 0.15) is 29.7 Å². The van der Waals surface area contributed by atoms with E-state index in [2.05, 4.69) is 16.0 Å². The molecule has 0 aliphatic carbocycles. The minimum absolute atomic E-state index is 0.0318. The van der Waals surface area contributed by atoms with E-state index < -0.39 is 11.9 Å². The summed E-state index contributed by atoms with van der Waals surface area (Å²) in [6.07, 6.45) is 0. The zero-order valence-corrected chi connectivity index (χ0v) is 15.3. The maximum atomic E-state index is 11.9. The van der Waals surface area contributed by atoms with Crippen molar-refractivity contribution in [1.29, 1.82) is 0 Å². The van der Waals surface area contributed by atoms with Crippen molar-refractivity contribution in [2.45, 2.75) is 26.8 Å². The number of carbonyl (C=O) groups is 2. The summed E-state index contributed by atoms with van der Waals surface area (Å²) in [6, 6.07) is 12.5. The van der Waals surface area contributed by atoms with Crippen molar-refractivity contribution in [3.05, 3.63) is 64.2 Å². The lowest BCUT2D eigenvalue weighted by Gasteiger charge is -2.14. The molecule has 1 atom stereocenters. The van der Waals surface area contributed by atoms with E-state index in [-0.39, 0.29) is 12.6 Å². The fourth-order valence-corrected chi connectivity index (χ4v) is 2.52. The highest BCUT2D eigenvalue weighted by Crippen LogP contribution is 2.16. The lowest BCUT2D eigenvalue weighted by atomic mass is 10.1. The van der Waals surface area contributed by atoms with E-state index in [1.54, 1.807) is 12.1 Å². The summed E-state index contributed by atoms with van der Waals surface area (Å²) in [6.45, 7) is 5.85. The zero-order valence-electron chi connectivity index (χ0n) is 14.5. The van der Waals surface area contributed by atoms with Crippen LogP contribution in [-0.2, 0) is 4.79 Å². The van der Waals surface area contributed by atoms with Crippen molar-refractivity contribution in [2.75, 3.05) is 11.9 Å². The van der Waals surface area contributed by atoms with Gasteiger partial charge in [0.2, 0.25) is 5.91 Å². The van der Waals surface area contributed by atoms with Crippen LogP contribution in [0.4, 0.5) is 10.5 Å². The smallest absolute Gasteiger partial charge is 0.307 e. The largest absolute Gasteiger partial charge is 0.325 e. The SMILES string of the molecule is Cc1ccc(NC(=O)NC(=O)CN[C@H](C)c2ccc(Cl)cc2)c(C)c1. The molecule has 0 radical (unpaired) electrons. The summed E-state index contributed by atoms with van der Waals surface area (Å²) in [4.78, 5) is 23.8. The molecule has 0 spiro atoms. The average molecular weight is 360 g/mol. The Morgan fingerprint density at radius 3 is 2.40 bits per heavy atom. The van der Waals surface area contributed by atoms with Crippen LogP contribution in [0.15, 0.2) is 42.5 Å². The normalized spacial score (nSPS) is 11.7. The summed E-state index contributed by atoms with van der Waals surface area (Å²) in [7, 11) is 0. The average Bonchev–Trinajstić information content (AvgIpc) is 2.56. The summed E-state index contributed by atoms with van der Waals surface area (Å²) in [5, 5.41) is 8.73. The maximum Gasteiger partial charge on any atom is 0.325 e. The van der Waals surface area contributed by atoms with Gasteiger partial charge in [0.05, 0.1) is 6.54 Å². The van der Waals surface area contributed by atoms with Gasteiger partial charge in [-0.25, -0.2) is 4.79 Å². The number of urea groups is 1. The van der Waals surface area contributed by atoms with Gasteiger partial charge in [-0.15, -0.1) is 0 Å². The van der Waals surface area contributed by atoms with Crippen LogP contribution >= 0.6 is 11.6 Å². The van der Waals surface area contributed by atoms with Gasteiger partial charge in [-0.2, -0.15) is 0 Å². The molecule has 3 amide bonds. The van der Waals surface area contributed by atoms with Crippen molar-refractivity contribution in [3.8, 4) is 0 Å². The predicted molar refractivity (Wildman–Crippen MR) is 101 cm³/mol. The fourth-order valence-electron chi connectivity index (χ4n) is 2.39. The van der Waals surface area contributed by atoms with E-state index in [0.29, 0.717) is 10.7 Å². The van der Waals surface area contributed by atoms with Crippen LogP contribution in [-0.4, -0.2) is 18.5 Å². The molecule has 0 heterocycles. The number of anilines is 1. The van der Waals surface area contributed by atoms with Gasteiger partial charge < -0.3 is 10.6 Å². The molecule has 2 rings (SSSR count). The summed E-state index contributed by atoms with van der Waals surface area (Å²) < 4.78 is 0. The first kappa shape index (κ1) is 19.0. The van der Waals surface area contributed by atoms with Crippen molar-refractivity contribution in [3.63, 3.8) is 0 Å². The van der Waals surface area contributed by atoms with Crippen LogP contribution < -0.4 is 16.0 Å². The lowest BCUT2D eigenvalue weighted by Crippen LogP contribution is -2.40. The Morgan fingerprint density at radius 1 is 1.08 bits per heavy atom. The van der Waals surface area contributed by atoms with E-state index in [9.17, 15) is 9.59 Å². The minimum Gasteiger partial charge on any atom is -0.307 e. The highest BCUT2D eigenvalue weighted by atomic mass is 35.5. The number of carbonyl (C=O) groups excluding carboxylic acids is 2.